The van der Waals surface area contributed by atoms with Crippen molar-refractivity contribution >= 4 is 28.7 Å². The Bertz CT molecular complexity index is 628. The van der Waals surface area contributed by atoms with Crippen molar-refractivity contribution in [2.24, 2.45) is 0 Å². The molecule has 0 radical (unpaired) electrons. The average molecular weight is 337 g/mol. The van der Waals surface area contributed by atoms with Crippen LogP contribution < -0.4 is 0 Å². The van der Waals surface area contributed by atoms with Crippen molar-refractivity contribution in [3.8, 4) is 0 Å². The fourth-order valence-electron chi connectivity index (χ4n) is 2.15. The summed E-state index contributed by atoms with van der Waals surface area (Å²) >= 11 is 4.94. The van der Waals surface area contributed by atoms with Crippen LogP contribution in [-0.2, 0) is 28.8 Å². The predicted octanol–water partition coefficient (Wildman–Crippen LogP) is 3.71. The minimum absolute atomic E-state index is 0.0385. The number of benzene rings is 2. The second-order valence-electron chi connectivity index (χ2n) is 4.97. The molecule has 2 rings (SSSR count). The zero-order valence-corrected chi connectivity index (χ0v) is 13.6. The van der Waals surface area contributed by atoms with E-state index in [0.717, 1.165) is 24.0 Å². The third kappa shape index (κ3) is 5.05. The number of rotatable bonds is 7. The Balaban J connectivity index is 1.83. The Kier molecular flexibility index (Phi) is 6.31. The lowest BCUT2D eigenvalue weighted by Crippen LogP contribution is -2.08. The van der Waals surface area contributed by atoms with Crippen LogP contribution in [0.25, 0.3) is 0 Å². The summed E-state index contributed by atoms with van der Waals surface area (Å²) in [7, 11) is 0. The number of aliphatic carboxylic acids is 1. The average Bonchev–Trinajstić information content (AvgIpc) is 2.49. The Labute approximate surface area is 138 Å². The van der Waals surface area contributed by atoms with Gasteiger partial charge in [0.15, 0.2) is 4.90 Å². The van der Waals surface area contributed by atoms with Gasteiger partial charge in [-0.2, -0.15) is 0 Å². The second-order valence-corrected chi connectivity index (χ2v) is 6.92. The lowest BCUT2D eigenvalue weighted by molar-refractivity contribution is -0.136. The Morgan fingerprint density at radius 2 is 1.73 bits per heavy atom. The Hall–Kier alpha value is -1.49. The maximum absolute atomic E-state index is 12.2. The molecule has 2 aromatic rings. The van der Waals surface area contributed by atoms with Gasteiger partial charge in [-0.25, -0.2) is 0 Å². The Morgan fingerprint density at radius 3 is 2.36 bits per heavy atom. The van der Waals surface area contributed by atoms with Gasteiger partial charge in [-0.3, -0.25) is 4.79 Å². The summed E-state index contributed by atoms with van der Waals surface area (Å²) in [5, 5.41) is 9.27. The minimum atomic E-state index is -1.09. The summed E-state index contributed by atoms with van der Waals surface area (Å²) in [5.41, 5.74) is 1.90. The highest BCUT2D eigenvalue weighted by Crippen LogP contribution is 2.22. The molecule has 0 heterocycles. The van der Waals surface area contributed by atoms with Crippen LogP contribution in [0.1, 0.15) is 17.5 Å². The first-order valence-electron chi connectivity index (χ1n) is 6.99. The van der Waals surface area contributed by atoms with Gasteiger partial charge >= 0.3 is 5.97 Å². The van der Waals surface area contributed by atoms with E-state index in [0.29, 0.717) is 15.7 Å². The molecule has 5 heteroatoms. The molecule has 0 saturated heterocycles. The molecule has 22 heavy (non-hydrogen) atoms. The molecule has 0 fully saturated rings. The summed E-state index contributed by atoms with van der Waals surface area (Å²) in [4.78, 5) is 11.3. The van der Waals surface area contributed by atoms with Crippen molar-refractivity contribution in [2.75, 3.05) is 5.75 Å². The minimum Gasteiger partial charge on any atom is -0.611 e. The smallest absolute Gasteiger partial charge is 0.307 e. The van der Waals surface area contributed by atoms with Crippen LogP contribution in [0, 0.1) is 0 Å². The molecule has 0 spiro atoms. The summed E-state index contributed by atoms with van der Waals surface area (Å²) in [6.07, 6.45) is 1.64. The molecule has 0 aliphatic carbocycles. The molecule has 1 unspecified atom stereocenters. The molecule has 116 valence electrons. The fraction of sp³-hybridized carbons (Fsp3) is 0.235. The van der Waals surface area contributed by atoms with Crippen molar-refractivity contribution in [2.45, 2.75) is 24.2 Å². The first kappa shape index (κ1) is 16.9. The lowest BCUT2D eigenvalue weighted by Gasteiger charge is -2.11. The predicted molar refractivity (Wildman–Crippen MR) is 88.8 cm³/mol. The van der Waals surface area contributed by atoms with E-state index in [-0.39, 0.29) is 6.42 Å². The molecule has 3 nitrogen and oxygen atoms in total. The van der Waals surface area contributed by atoms with Crippen LogP contribution in [-0.4, -0.2) is 21.4 Å². The van der Waals surface area contributed by atoms with E-state index in [9.17, 15) is 9.35 Å². The second kappa shape index (κ2) is 8.22. The number of aryl methyl sites for hydroxylation is 1. The zero-order chi connectivity index (χ0) is 15.9. The van der Waals surface area contributed by atoms with Gasteiger partial charge in [-0.05, 0) is 47.3 Å². The van der Waals surface area contributed by atoms with Crippen molar-refractivity contribution in [3.63, 3.8) is 0 Å². The molecule has 0 aromatic heterocycles. The molecule has 1 atom stereocenters. The number of carboxylic acids is 1. The van der Waals surface area contributed by atoms with E-state index in [2.05, 4.69) is 0 Å². The van der Waals surface area contributed by atoms with Crippen LogP contribution in [0.3, 0.4) is 0 Å². The standard InChI is InChI=1S/C17H17ClO3S/c18-15-5-1-2-6-16(15)22(21)11-3-4-13-7-9-14(10-8-13)12-17(19)20/h1-2,5-10H,3-4,11-12H2,(H,19,20). The molecule has 0 saturated carbocycles. The molecule has 0 bridgehead atoms. The molecule has 2 aromatic carbocycles. The van der Waals surface area contributed by atoms with E-state index in [1.165, 1.54) is 0 Å². The maximum atomic E-state index is 12.2. The molecule has 0 aliphatic heterocycles. The van der Waals surface area contributed by atoms with Crippen LogP contribution in [0.5, 0.6) is 0 Å². The highest BCUT2D eigenvalue weighted by Gasteiger charge is 2.14. The quantitative estimate of drug-likeness (QED) is 0.784. The highest BCUT2D eigenvalue weighted by atomic mass is 35.5. The van der Waals surface area contributed by atoms with E-state index in [1.807, 2.05) is 36.4 Å². The topological polar surface area (TPSA) is 60.4 Å². The van der Waals surface area contributed by atoms with Crippen molar-refractivity contribution in [1.82, 2.24) is 0 Å². The van der Waals surface area contributed by atoms with E-state index >= 15 is 0 Å². The molecule has 1 N–H and O–H groups in total. The highest BCUT2D eigenvalue weighted by molar-refractivity contribution is 7.91. The fourth-order valence-corrected chi connectivity index (χ4v) is 3.68. The summed E-state index contributed by atoms with van der Waals surface area (Å²) in [6, 6.07) is 14.7. The molecular weight excluding hydrogens is 320 g/mol. The monoisotopic (exact) mass is 336 g/mol. The number of halogens is 1. The van der Waals surface area contributed by atoms with Gasteiger partial charge in [-0.15, -0.1) is 0 Å². The van der Waals surface area contributed by atoms with Gasteiger partial charge in [0.1, 0.15) is 5.75 Å². The number of hydrogen-bond acceptors (Lipinski definition) is 2. The van der Waals surface area contributed by atoms with E-state index < -0.39 is 17.1 Å². The first-order chi connectivity index (χ1) is 10.6. The van der Waals surface area contributed by atoms with Crippen LogP contribution in [0.4, 0.5) is 0 Å². The van der Waals surface area contributed by atoms with Gasteiger partial charge in [0, 0.05) is 0 Å². The zero-order valence-electron chi connectivity index (χ0n) is 12.0. The summed E-state index contributed by atoms with van der Waals surface area (Å²) < 4.78 is 12.2. The summed E-state index contributed by atoms with van der Waals surface area (Å²) in [5.74, 6) is -0.274. The number of carbonyl (C=O) groups is 1. The van der Waals surface area contributed by atoms with E-state index in [1.54, 1.807) is 12.1 Å². The van der Waals surface area contributed by atoms with E-state index in [4.69, 9.17) is 16.7 Å². The molecule has 0 aliphatic rings. The van der Waals surface area contributed by atoms with Gasteiger partial charge in [-0.1, -0.05) is 48.0 Å². The van der Waals surface area contributed by atoms with Gasteiger partial charge in [0.2, 0.25) is 0 Å². The van der Waals surface area contributed by atoms with Crippen molar-refractivity contribution in [3.05, 3.63) is 64.7 Å². The van der Waals surface area contributed by atoms with Crippen LogP contribution in [0.15, 0.2) is 53.4 Å². The lowest BCUT2D eigenvalue weighted by atomic mass is 10.1. The third-order valence-electron chi connectivity index (χ3n) is 3.26. The SMILES string of the molecule is O=C(O)Cc1ccc(CCC[S+]([O-])c2ccccc2Cl)cc1. The Morgan fingerprint density at radius 1 is 1.09 bits per heavy atom. The third-order valence-corrected chi connectivity index (χ3v) is 5.20. The summed E-state index contributed by atoms with van der Waals surface area (Å²) in [6.45, 7) is 0. The van der Waals surface area contributed by atoms with Gasteiger partial charge in [0.05, 0.1) is 11.4 Å². The van der Waals surface area contributed by atoms with Crippen molar-refractivity contribution < 1.29 is 14.5 Å². The first-order valence-corrected chi connectivity index (χ1v) is 8.68. The van der Waals surface area contributed by atoms with Crippen LogP contribution in [0.2, 0.25) is 5.02 Å². The van der Waals surface area contributed by atoms with Crippen LogP contribution >= 0.6 is 11.6 Å². The maximum Gasteiger partial charge on any atom is 0.307 e. The number of hydrogen-bond donors (Lipinski definition) is 1. The molecule has 0 amide bonds. The molecular formula is C17H17ClO3S. The van der Waals surface area contributed by atoms with Gasteiger partial charge in [0.25, 0.3) is 0 Å². The number of carboxylic acid groups (broad SMARTS) is 1. The van der Waals surface area contributed by atoms with Gasteiger partial charge < -0.3 is 9.66 Å². The normalized spacial score (nSPS) is 12.1. The largest absolute Gasteiger partial charge is 0.611 e. The van der Waals surface area contributed by atoms with Crippen molar-refractivity contribution in [1.29, 1.82) is 0 Å².